The molecule has 0 radical (unpaired) electrons. The smallest absolute Gasteiger partial charge is 0.0597 e. The summed E-state index contributed by atoms with van der Waals surface area (Å²) in [4.78, 5) is 6.63. The highest BCUT2D eigenvalue weighted by atomic mass is 35.5. The largest absolute Gasteiger partial charge is 0.370 e. The predicted octanol–water partition coefficient (Wildman–Crippen LogP) is 3.45. The zero-order chi connectivity index (χ0) is 11.4. The van der Waals surface area contributed by atoms with Gasteiger partial charge in [-0.15, -0.1) is 11.6 Å². The Bertz CT molecular complexity index is 332. The average Bonchev–Trinajstić information content (AvgIpc) is 2.39. The normalized spacial score (nSPS) is 17.8. The minimum absolute atomic E-state index is 0.575. The molecular formula is C13H19ClN2. The van der Waals surface area contributed by atoms with Gasteiger partial charge in [0.15, 0.2) is 0 Å². The third-order valence-corrected chi connectivity index (χ3v) is 3.85. The van der Waals surface area contributed by atoms with Gasteiger partial charge in [0, 0.05) is 25.2 Å². The summed E-state index contributed by atoms with van der Waals surface area (Å²) in [5.74, 6) is 1.48. The number of hydrogen-bond donors (Lipinski definition) is 0. The standard InChI is InChI=1S/C13H19ClN2/c1-2-11-4-7-16(8-5-11)13-10-15-6-3-12(13)9-14/h3,6,10-11H,2,4-5,7-9H2,1H3. The Balaban J connectivity index is 2.07. The quantitative estimate of drug-likeness (QED) is 0.750. The Kier molecular flexibility index (Phi) is 4.05. The summed E-state index contributed by atoms with van der Waals surface area (Å²) in [6.45, 7) is 4.58. The number of hydrogen-bond acceptors (Lipinski definition) is 2. The van der Waals surface area contributed by atoms with Crippen molar-refractivity contribution in [3.05, 3.63) is 24.0 Å². The third kappa shape index (κ3) is 2.49. The summed E-state index contributed by atoms with van der Waals surface area (Å²) in [7, 11) is 0. The van der Waals surface area contributed by atoms with E-state index in [-0.39, 0.29) is 0 Å². The Labute approximate surface area is 103 Å². The van der Waals surface area contributed by atoms with E-state index in [4.69, 9.17) is 11.6 Å². The number of alkyl halides is 1. The van der Waals surface area contributed by atoms with E-state index >= 15 is 0 Å². The van der Waals surface area contributed by atoms with Gasteiger partial charge in [0.05, 0.1) is 11.9 Å². The number of nitrogens with zero attached hydrogens (tertiary/aromatic N) is 2. The molecule has 1 fully saturated rings. The molecule has 1 aliphatic rings. The lowest BCUT2D eigenvalue weighted by Gasteiger charge is -2.34. The van der Waals surface area contributed by atoms with Crippen molar-refractivity contribution in [2.24, 2.45) is 5.92 Å². The molecule has 0 unspecified atom stereocenters. The molecule has 0 aromatic carbocycles. The summed E-state index contributed by atoms with van der Waals surface area (Å²) < 4.78 is 0. The summed E-state index contributed by atoms with van der Waals surface area (Å²) in [6, 6.07) is 2.02. The molecule has 16 heavy (non-hydrogen) atoms. The van der Waals surface area contributed by atoms with Crippen LogP contribution in [0.15, 0.2) is 18.5 Å². The van der Waals surface area contributed by atoms with Crippen LogP contribution in [0.2, 0.25) is 0 Å². The van der Waals surface area contributed by atoms with Crippen LogP contribution in [0.25, 0.3) is 0 Å². The molecule has 0 aliphatic carbocycles. The van der Waals surface area contributed by atoms with Crippen LogP contribution in [0.1, 0.15) is 31.7 Å². The Morgan fingerprint density at radius 2 is 2.19 bits per heavy atom. The topological polar surface area (TPSA) is 16.1 Å². The van der Waals surface area contributed by atoms with Crippen LogP contribution >= 0.6 is 11.6 Å². The number of halogens is 1. The second-order valence-electron chi connectivity index (χ2n) is 4.48. The lowest BCUT2D eigenvalue weighted by molar-refractivity contribution is 0.394. The van der Waals surface area contributed by atoms with Gasteiger partial charge < -0.3 is 4.90 Å². The molecule has 2 rings (SSSR count). The van der Waals surface area contributed by atoms with Crippen LogP contribution in [-0.4, -0.2) is 18.1 Å². The molecule has 0 atom stereocenters. The first kappa shape index (κ1) is 11.7. The van der Waals surface area contributed by atoms with E-state index in [9.17, 15) is 0 Å². The van der Waals surface area contributed by atoms with Crippen LogP contribution in [0.5, 0.6) is 0 Å². The molecule has 88 valence electrons. The van der Waals surface area contributed by atoms with Gasteiger partial charge in [-0.2, -0.15) is 0 Å². The Hall–Kier alpha value is -0.760. The highest BCUT2D eigenvalue weighted by molar-refractivity contribution is 6.17. The molecule has 1 saturated heterocycles. The van der Waals surface area contributed by atoms with Crippen molar-refractivity contribution in [1.29, 1.82) is 0 Å². The van der Waals surface area contributed by atoms with Gasteiger partial charge in [0.1, 0.15) is 0 Å². The molecule has 3 heteroatoms. The fourth-order valence-corrected chi connectivity index (χ4v) is 2.62. The second-order valence-corrected chi connectivity index (χ2v) is 4.74. The predicted molar refractivity (Wildman–Crippen MR) is 69.0 cm³/mol. The number of aromatic nitrogens is 1. The van der Waals surface area contributed by atoms with E-state index in [0.717, 1.165) is 19.0 Å². The number of anilines is 1. The first-order chi connectivity index (χ1) is 7.85. The first-order valence-corrected chi connectivity index (χ1v) is 6.62. The fourth-order valence-electron chi connectivity index (χ4n) is 2.39. The molecule has 1 aliphatic heterocycles. The maximum Gasteiger partial charge on any atom is 0.0597 e. The third-order valence-electron chi connectivity index (χ3n) is 3.56. The molecule has 1 aromatic heterocycles. The molecule has 0 bridgehead atoms. The molecule has 0 spiro atoms. The highest BCUT2D eigenvalue weighted by Gasteiger charge is 2.19. The van der Waals surface area contributed by atoms with E-state index in [2.05, 4.69) is 16.8 Å². The van der Waals surface area contributed by atoms with E-state index in [1.54, 1.807) is 0 Å². The van der Waals surface area contributed by atoms with Gasteiger partial charge in [0.25, 0.3) is 0 Å². The van der Waals surface area contributed by atoms with Crippen molar-refractivity contribution in [1.82, 2.24) is 4.98 Å². The van der Waals surface area contributed by atoms with Crippen molar-refractivity contribution in [3.63, 3.8) is 0 Å². The van der Waals surface area contributed by atoms with Gasteiger partial charge >= 0.3 is 0 Å². The molecule has 2 heterocycles. The molecule has 0 amide bonds. The second kappa shape index (κ2) is 5.53. The van der Waals surface area contributed by atoms with Gasteiger partial charge in [-0.1, -0.05) is 13.3 Å². The van der Waals surface area contributed by atoms with E-state index in [0.29, 0.717) is 5.88 Å². The van der Waals surface area contributed by atoms with E-state index in [1.165, 1.54) is 30.5 Å². The van der Waals surface area contributed by atoms with Crippen LogP contribution in [0.3, 0.4) is 0 Å². The van der Waals surface area contributed by atoms with Gasteiger partial charge in [-0.25, -0.2) is 0 Å². The summed E-state index contributed by atoms with van der Waals surface area (Å²) in [5.41, 5.74) is 2.43. The van der Waals surface area contributed by atoms with Crippen LogP contribution in [0.4, 0.5) is 5.69 Å². The number of piperidine rings is 1. The summed E-state index contributed by atoms with van der Waals surface area (Å²) in [6.07, 6.45) is 7.67. The maximum atomic E-state index is 5.95. The lowest BCUT2D eigenvalue weighted by Crippen LogP contribution is -2.34. The molecule has 2 nitrogen and oxygen atoms in total. The van der Waals surface area contributed by atoms with Crippen molar-refractivity contribution < 1.29 is 0 Å². The van der Waals surface area contributed by atoms with Crippen LogP contribution in [-0.2, 0) is 5.88 Å². The molecule has 1 aromatic rings. The van der Waals surface area contributed by atoms with Gasteiger partial charge in [-0.05, 0) is 30.4 Å². The zero-order valence-corrected chi connectivity index (χ0v) is 10.6. The molecule has 0 saturated carbocycles. The van der Waals surface area contributed by atoms with Crippen molar-refractivity contribution in [3.8, 4) is 0 Å². The minimum atomic E-state index is 0.575. The summed E-state index contributed by atoms with van der Waals surface area (Å²) in [5, 5.41) is 0. The SMILES string of the molecule is CCC1CCN(c2cnccc2CCl)CC1. The number of rotatable bonds is 3. The average molecular weight is 239 g/mol. The number of pyridine rings is 1. The van der Waals surface area contributed by atoms with Crippen LogP contribution < -0.4 is 4.90 Å². The van der Waals surface area contributed by atoms with Gasteiger partial charge in [-0.3, -0.25) is 4.98 Å². The van der Waals surface area contributed by atoms with Crippen molar-refractivity contribution >= 4 is 17.3 Å². The fraction of sp³-hybridized carbons (Fsp3) is 0.615. The molecular weight excluding hydrogens is 220 g/mol. The van der Waals surface area contributed by atoms with Crippen LogP contribution in [0, 0.1) is 5.92 Å². The monoisotopic (exact) mass is 238 g/mol. The lowest BCUT2D eigenvalue weighted by atomic mass is 9.94. The van der Waals surface area contributed by atoms with Crippen molar-refractivity contribution in [2.45, 2.75) is 32.1 Å². The molecule has 0 N–H and O–H groups in total. The zero-order valence-electron chi connectivity index (χ0n) is 9.82. The van der Waals surface area contributed by atoms with Gasteiger partial charge in [0.2, 0.25) is 0 Å². The first-order valence-electron chi connectivity index (χ1n) is 6.09. The Morgan fingerprint density at radius 1 is 1.44 bits per heavy atom. The highest BCUT2D eigenvalue weighted by Crippen LogP contribution is 2.27. The summed E-state index contributed by atoms with van der Waals surface area (Å²) >= 11 is 5.95. The van der Waals surface area contributed by atoms with E-state index < -0.39 is 0 Å². The maximum absolute atomic E-state index is 5.95. The minimum Gasteiger partial charge on any atom is -0.370 e. The Morgan fingerprint density at radius 3 is 2.81 bits per heavy atom. The van der Waals surface area contributed by atoms with E-state index in [1.807, 2.05) is 18.5 Å². The van der Waals surface area contributed by atoms with Crippen molar-refractivity contribution in [2.75, 3.05) is 18.0 Å².